The van der Waals surface area contributed by atoms with E-state index >= 15 is 0 Å². The van der Waals surface area contributed by atoms with Gasteiger partial charge in [-0.25, -0.2) is 0 Å². The van der Waals surface area contributed by atoms with Gasteiger partial charge in [0.25, 0.3) is 11.5 Å². The molecule has 0 saturated heterocycles. The molecule has 1 heterocycles. The Kier molecular flexibility index (Phi) is 9.01. The molecule has 0 radical (unpaired) electrons. The van der Waals surface area contributed by atoms with Crippen molar-refractivity contribution in [2.45, 2.75) is 46.6 Å². The van der Waals surface area contributed by atoms with E-state index in [9.17, 15) is 9.59 Å². The van der Waals surface area contributed by atoms with Crippen LogP contribution >= 0.6 is 0 Å². The van der Waals surface area contributed by atoms with E-state index in [0.717, 1.165) is 37.0 Å². The minimum Gasteiger partial charge on any atom is -0.483 e. The summed E-state index contributed by atoms with van der Waals surface area (Å²) in [6, 6.07) is 9.06. The molecule has 0 unspecified atom stereocenters. The minimum atomic E-state index is -0.166. The van der Waals surface area contributed by atoms with E-state index in [1.165, 1.54) is 18.9 Å². The predicted octanol–water partition coefficient (Wildman–Crippen LogP) is 3.03. The van der Waals surface area contributed by atoms with Gasteiger partial charge in [-0.1, -0.05) is 32.4 Å². The predicted molar refractivity (Wildman–Crippen MR) is 114 cm³/mol. The fraction of sp³-hybridized carbons (Fsp3) is 0.545. The van der Waals surface area contributed by atoms with E-state index < -0.39 is 0 Å². The smallest absolute Gasteiger partial charge is 0.257 e. The topological polar surface area (TPSA) is 63.6 Å². The zero-order valence-electron chi connectivity index (χ0n) is 17.4. The number of pyridine rings is 1. The van der Waals surface area contributed by atoms with Gasteiger partial charge in [0.2, 0.25) is 0 Å². The van der Waals surface area contributed by atoms with Crippen LogP contribution in [0.15, 0.2) is 35.1 Å². The number of carbonyl (C=O) groups is 1. The first-order valence-corrected chi connectivity index (χ1v) is 10.3. The lowest BCUT2D eigenvalue weighted by Gasteiger charge is -2.20. The van der Waals surface area contributed by atoms with Gasteiger partial charge in [-0.15, -0.1) is 0 Å². The Morgan fingerprint density at radius 2 is 1.89 bits per heavy atom. The molecule has 0 spiro atoms. The number of hydrogen-bond donors (Lipinski definition) is 1. The number of aromatic nitrogens is 1. The number of ether oxygens (including phenoxy) is 1. The first kappa shape index (κ1) is 22.0. The number of rotatable bonds is 12. The molecular formula is C22H33N3O3. The SMILES string of the molecule is CCCCN(CC)CCCNC(=O)COc1cc(=O)n(CC)c2ccccc12. The summed E-state index contributed by atoms with van der Waals surface area (Å²) in [5.74, 6) is 0.289. The van der Waals surface area contributed by atoms with E-state index in [4.69, 9.17) is 4.74 Å². The second kappa shape index (κ2) is 11.5. The van der Waals surface area contributed by atoms with Crippen molar-refractivity contribution in [3.8, 4) is 5.75 Å². The van der Waals surface area contributed by atoms with Crippen LogP contribution in [0.2, 0.25) is 0 Å². The van der Waals surface area contributed by atoms with Gasteiger partial charge < -0.3 is 19.5 Å². The van der Waals surface area contributed by atoms with Gasteiger partial charge in [-0.3, -0.25) is 9.59 Å². The molecule has 6 heteroatoms. The maximum atomic E-state index is 12.3. The summed E-state index contributed by atoms with van der Waals surface area (Å²) in [7, 11) is 0. The van der Waals surface area contributed by atoms with Crippen LogP contribution in [-0.4, -0.2) is 48.2 Å². The summed E-state index contributed by atoms with van der Waals surface area (Å²) < 4.78 is 7.37. The maximum absolute atomic E-state index is 12.3. The van der Waals surface area contributed by atoms with Gasteiger partial charge in [0.05, 0.1) is 5.52 Å². The summed E-state index contributed by atoms with van der Waals surface area (Å²) in [5.41, 5.74) is 0.697. The zero-order valence-corrected chi connectivity index (χ0v) is 17.4. The van der Waals surface area contributed by atoms with Crippen molar-refractivity contribution in [1.29, 1.82) is 0 Å². The summed E-state index contributed by atoms with van der Waals surface area (Å²) >= 11 is 0. The molecule has 1 N–H and O–H groups in total. The molecule has 0 aliphatic rings. The fourth-order valence-electron chi connectivity index (χ4n) is 3.28. The quantitative estimate of drug-likeness (QED) is 0.569. The van der Waals surface area contributed by atoms with E-state index in [1.54, 1.807) is 4.57 Å². The summed E-state index contributed by atoms with van der Waals surface area (Å²) in [5, 5.41) is 3.74. The van der Waals surface area contributed by atoms with Gasteiger partial charge in [0.1, 0.15) is 5.75 Å². The second-order valence-corrected chi connectivity index (χ2v) is 6.89. The number of unbranched alkanes of at least 4 members (excludes halogenated alkanes) is 1. The summed E-state index contributed by atoms with van der Waals surface area (Å²) in [6.07, 6.45) is 3.32. The monoisotopic (exact) mass is 387 g/mol. The molecule has 28 heavy (non-hydrogen) atoms. The lowest BCUT2D eigenvalue weighted by Crippen LogP contribution is -2.33. The Morgan fingerprint density at radius 3 is 2.61 bits per heavy atom. The Balaban J connectivity index is 1.86. The number of amides is 1. The number of hydrogen-bond acceptors (Lipinski definition) is 4. The molecule has 0 fully saturated rings. The Bertz CT molecular complexity index is 816. The van der Waals surface area contributed by atoms with Crippen molar-refractivity contribution in [2.75, 3.05) is 32.8 Å². The van der Waals surface area contributed by atoms with Crippen molar-refractivity contribution >= 4 is 16.8 Å². The maximum Gasteiger partial charge on any atom is 0.257 e. The lowest BCUT2D eigenvalue weighted by molar-refractivity contribution is -0.123. The number of aryl methyl sites for hydroxylation is 1. The van der Waals surface area contributed by atoms with Crippen LogP contribution in [-0.2, 0) is 11.3 Å². The van der Waals surface area contributed by atoms with Crippen molar-refractivity contribution in [2.24, 2.45) is 0 Å². The normalized spacial score (nSPS) is 11.1. The molecule has 0 saturated carbocycles. The highest BCUT2D eigenvalue weighted by atomic mass is 16.5. The molecule has 154 valence electrons. The molecule has 0 aliphatic heterocycles. The standard InChI is InChI=1S/C22H33N3O3/c1-4-7-14-24(5-2)15-10-13-23-21(26)17-28-20-16-22(27)25(6-3)19-12-9-8-11-18(19)20/h8-9,11-12,16H,4-7,10,13-15,17H2,1-3H3,(H,23,26). The number of nitrogens with one attached hydrogen (secondary N) is 1. The molecule has 0 aliphatic carbocycles. The van der Waals surface area contributed by atoms with E-state index in [2.05, 4.69) is 24.1 Å². The molecule has 6 nitrogen and oxygen atoms in total. The Morgan fingerprint density at radius 1 is 1.14 bits per heavy atom. The lowest BCUT2D eigenvalue weighted by atomic mass is 10.2. The summed E-state index contributed by atoms with van der Waals surface area (Å²) in [4.78, 5) is 26.8. The zero-order chi connectivity index (χ0) is 20.4. The van der Waals surface area contributed by atoms with E-state index in [-0.39, 0.29) is 18.1 Å². The number of benzene rings is 1. The Labute approximate surface area is 167 Å². The number of carbonyl (C=O) groups excluding carboxylic acids is 1. The number of nitrogens with zero attached hydrogens (tertiary/aromatic N) is 2. The van der Waals surface area contributed by atoms with Crippen LogP contribution < -0.4 is 15.6 Å². The highest BCUT2D eigenvalue weighted by Gasteiger charge is 2.10. The molecule has 1 aromatic carbocycles. The highest BCUT2D eigenvalue weighted by Crippen LogP contribution is 2.23. The van der Waals surface area contributed by atoms with Gasteiger partial charge in [-0.2, -0.15) is 0 Å². The Hall–Kier alpha value is -2.34. The van der Waals surface area contributed by atoms with E-state index in [1.807, 2.05) is 31.2 Å². The first-order chi connectivity index (χ1) is 13.6. The molecule has 2 rings (SSSR count). The molecule has 1 amide bonds. The highest BCUT2D eigenvalue weighted by molar-refractivity contribution is 5.86. The average Bonchev–Trinajstić information content (AvgIpc) is 2.71. The van der Waals surface area contributed by atoms with Crippen molar-refractivity contribution in [3.05, 3.63) is 40.7 Å². The van der Waals surface area contributed by atoms with Crippen LogP contribution in [0.5, 0.6) is 5.75 Å². The van der Waals surface area contributed by atoms with Crippen LogP contribution in [0.3, 0.4) is 0 Å². The van der Waals surface area contributed by atoms with Gasteiger partial charge in [-0.05, 0) is 51.5 Å². The third-order valence-corrected chi connectivity index (χ3v) is 4.90. The number of para-hydroxylation sites is 1. The molecule has 0 atom stereocenters. The van der Waals surface area contributed by atoms with Gasteiger partial charge >= 0.3 is 0 Å². The minimum absolute atomic E-state index is 0.0904. The summed E-state index contributed by atoms with van der Waals surface area (Å²) in [6.45, 7) is 10.6. The molecular weight excluding hydrogens is 354 g/mol. The molecule has 2 aromatic rings. The molecule has 0 bridgehead atoms. The van der Waals surface area contributed by atoms with Crippen LogP contribution in [0.4, 0.5) is 0 Å². The largest absolute Gasteiger partial charge is 0.483 e. The van der Waals surface area contributed by atoms with Gasteiger partial charge in [0.15, 0.2) is 6.61 Å². The van der Waals surface area contributed by atoms with Crippen LogP contribution in [0, 0.1) is 0 Å². The number of fused-ring (bicyclic) bond motifs is 1. The van der Waals surface area contributed by atoms with Gasteiger partial charge in [0, 0.05) is 24.5 Å². The van der Waals surface area contributed by atoms with Crippen molar-refractivity contribution in [3.63, 3.8) is 0 Å². The molecule has 1 aromatic heterocycles. The fourth-order valence-corrected chi connectivity index (χ4v) is 3.28. The third-order valence-electron chi connectivity index (χ3n) is 4.90. The second-order valence-electron chi connectivity index (χ2n) is 6.89. The first-order valence-electron chi connectivity index (χ1n) is 10.3. The van der Waals surface area contributed by atoms with Crippen molar-refractivity contribution in [1.82, 2.24) is 14.8 Å². The van der Waals surface area contributed by atoms with E-state index in [0.29, 0.717) is 18.8 Å². The van der Waals surface area contributed by atoms with Crippen LogP contribution in [0.25, 0.3) is 10.9 Å². The van der Waals surface area contributed by atoms with Crippen LogP contribution in [0.1, 0.15) is 40.0 Å². The third kappa shape index (κ3) is 6.09. The average molecular weight is 388 g/mol. The van der Waals surface area contributed by atoms with Crippen molar-refractivity contribution < 1.29 is 9.53 Å².